The fraction of sp³-hybridized carbons (Fsp3) is 0.273. The van der Waals surface area contributed by atoms with E-state index < -0.39 is 5.97 Å². The first-order valence-electron chi connectivity index (χ1n) is 8.94. The van der Waals surface area contributed by atoms with Gasteiger partial charge in [-0.05, 0) is 42.2 Å². The maximum Gasteiger partial charge on any atom is 0.344 e. The maximum absolute atomic E-state index is 12.5. The van der Waals surface area contributed by atoms with E-state index >= 15 is 0 Å². The molecule has 0 aromatic heterocycles. The summed E-state index contributed by atoms with van der Waals surface area (Å²) in [6.07, 6.45) is 1.73. The van der Waals surface area contributed by atoms with Gasteiger partial charge in [-0.15, -0.1) is 0 Å². The van der Waals surface area contributed by atoms with Crippen LogP contribution < -0.4 is 9.47 Å². The molecule has 1 aliphatic rings. The molecular weight excluding hydrogens is 344 g/mol. The number of carbonyl (C=O) groups excluding carboxylic acids is 2. The molecule has 0 unspecified atom stereocenters. The maximum atomic E-state index is 12.5. The molecule has 27 heavy (non-hydrogen) atoms. The average molecular weight is 366 g/mol. The number of ketones is 1. The van der Waals surface area contributed by atoms with E-state index in [2.05, 4.69) is 13.8 Å². The Kier molecular flexibility index (Phi) is 5.60. The second-order valence-corrected chi connectivity index (χ2v) is 6.51. The van der Waals surface area contributed by atoms with Crippen molar-refractivity contribution in [3.63, 3.8) is 0 Å². The Morgan fingerprint density at radius 1 is 1.15 bits per heavy atom. The highest BCUT2D eigenvalue weighted by Gasteiger charge is 2.27. The molecule has 0 amide bonds. The second-order valence-electron chi connectivity index (χ2n) is 6.51. The van der Waals surface area contributed by atoms with Gasteiger partial charge in [0.15, 0.2) is 12.4 Å². The quantitative estimate of drug-likeness (QED) is 0.561. The van der Waals surface area contributed by atoms with E-state index in [4.69, 9.17) is 14.2 Å². The minimum atomic E-state index is -0.444. The van der Waals surface area contributed by atoms with Gasteiger partial charge >= 0.3 is 5.97 Å². The third-order valence-electron chi connectivity index (χ3n) is 4.20. The van der Waals surface area contributed by atoms with E-state index in [1.807, 2.05) is 24.3 Å². The van der Waals surface area contributed by atoms with Crippen LogP contribution in [0, 0.1) is 0 Å². The summed E-state index contributed by atoms with van der Waals surface area (Å²) in [5.74, 6) is 0.969. The Morgan fingerprint density at radius 3 is 2.56 bits per heavy atom. The number of hydrogen-bond donors (Lipinski definition) is 0. The van der Waals surface area contributed by atoms with E-state index in [0.29, 0.717) is 29.6 Å². The van der Waals surface area contributed by atoms with Crippen molar-refractivity contribution < 1.29 is 23.8 Å². The third-order valence-corrected chi connectivity index (χ3v) is 4.20. The summed E-state index contributed by atoms with van der Waals surface area (Å²) in [5, 5.41) is 0. The lowest BCUT2D eigenvalue weighted by Crippen LogP contribution is -2.14. The lowest BCUT2D eigenvalue weighted by atomic mass is 10.0. The molecule has 0 aliphatic carbocycles. The molecule has 1 heterocycles. The molecule has 2 aromatic carbocycles. The zero-order valence-corrected chi connectivity index (χ0v) is 15.7. The summed E-state index contributed by atoms with van der Waals surface area (Å²) in [5.41, 5.74) is 2.61. The average Bonchev–Trinajstić information content (AvgIpc) is 2.96. The topological polar surface area (TPSA) is 61.8 Å². The van der Waals surface area contributed by atoms with E-state index in [1.165, 1.54) is 5.56 Å². The number of Topliss-reactive ketones (excluding diaryl/α,β-unsaturated/α-hetero) is 1. The Morgan fingerprint density at radius 2 is 1.89 bits per heavy atom. The molecule has 0 bridgehead atoms. The monoisotopic (exact) mass is 366 g/mol. The lowest BCUT2D eigenvalue weighted by Gasteiger charge is -2.06. The van der Waals surface area contributed by atoms with Crippen LogP contribution in [0.5, 0.6) is 11.5 Å². The van der Waals surface area contributed by atoms with Crippen LogP contribution in [0.2, 0.25) is 0 Å². The van der Waals surface area contributed by atoms with Crippen LogP contribution in [0.15, 0.2) is 48.2 Å². The van der Waals surface area contributed by atoms with Gasteiger partial charge in [-0.3, -0.25) is 4.79 Å². The molecule has 2 aromatic rings. The molecule has 0 spiro atoms. The minimum absolute atomic E-state index is 0.171. The van der Waals surface area contributed by atoms with Crippen molar-refractivity contribution in [1.82, 2.24) is 0 Å². The Balaban J connectivity index is 1.73. The fourth-order valence-corrected chi connectivity index (χ4v) is 2.73. The molecule has 0 radical (unpaired) electrons. The first-order chi connectivity index (χ1) is 13.0. The van der Waals surface area contributed by atoms with Crippen LogP contribution in [0.4, 0.5) is 0 Å². The highest BCUT2D eigenvalue weighted by molar-refractivity contribution is 6.14. The van der Waals surface area contributed by atoms with Crippen LogP contribution in [-0.4, -0.2) is 25.0 Å². The molecule has 3 rings (SSSR count). The standard InChI is InChI=1S/C22H22O5/c1-4-25-21(23)13-26-17-9-10-18-19(12-17)27-20(22(18)24)11-15-5-7-16(8-6-15)14(2)3/h5-12,14H,4,13H2,1-3H3/b20-11-. The number of ether oxygens (including phenoxy) is 3. The molecule has 0 fully saturated rings. The van der Waals surface area contributed by atoms with Crippen LogP contribution in [-0.2, 0) is 9.53 Å². The smallest absolute Gasteiger partial charge is 0.344 e. The van der Waals surface area contributed by atoms with Gasteiger partial charge < -0.3 is 14.2 Å². The van der Waals surface area contributed by atoms with Crippen LogP contribution in [0.25, 0.3) is 6.08 Å². The van der Waals surface area contributed by atoms with Crippen LogP contribution >= 0.6 is 0 Å². The van der Waals surface area contributed by atoms with Gasteiger partial charge in [0.2, 0.25) is 5.78 Å². The van der Waals surface area contributed by atoms with Gasteiger partial charge in [0.05, 0.1) is 12.2 Å². The van der Waals surface area contributed by atoms with Gasteiger partial charge in [-0.2, -0.15) is 0 Å². The molecular formula is C22H22O5. The predicted octanol–water partition coefficient (Wildman–Crippen LogP) is 4.37. The fourth-order valence-electron chi connectivity index (χ4n) is 2.73. The van der Waals surface area contributed by atoms with E-state index in [-0.39, 0.29) is 18.1 Å². The first kappa shape index (κ1) is 18.7. The Labute approximate surface area is 158 Å². The molecule has 0 N–H and O–H groups in total. The van der Waals surface area contributed by atoms with E-state index in [1.54, 1.807) is 31.2 Å². The number of fused-ring (bicyclic) bond motifs is 1. The number of esters is 1. The summed E-state index contributed by atoms with van der Waals surface area (Å²) in [4.78, 5) is 23.9. The van der Waals surface area contributed by atoms with E-state index in [0.717, 1.165) is 5.56 Å². The van der Waals surface area contributed by atoms with Crippen molar-refractivity contribution in [2.75, 3.05) is 13.2 Å². The number of benzene rings is 2. The largest absolute Gasteiger partial charge is 0.482 e. The van der Waals surface area contributed by atoms with Crippen LogP contribution in [0.1, 0.15) is 48.2 Å². The first-order valence-corrected chi connectivity index (χ1v) is 8.94. The molecule has 5 heteroatoms. The van der Waals surface area contributed by atoms with Gasteiger partial charge in [-0.25, -0.2) is 4.79 Å². The molecule has 0 saturated carbocycles. The Hall–Kier alpha value is -3.08. The van der Waals surface area contributed by atoms with Gasteiger partial charge in [0.25, 0.3) is 0 Å². The second kappa shape index (κ2) is 8.08. The minimum Gasteiger partial charge on any atom is -0.482 e. The highest BCUT2D eigenvalue weighted by Crippen LogP contribution is 2.35. The molecule has 5 nitrogen and oxygen atoms in total. The van der Waals surface area contributed by atoms with Gasteiger partial charge in [-0.1, -0.05) is 38.1 Å². The number of rotatable bonds is 6. The number of allylic oxidation sites excluding steroid dienone is 1. The Bertz CT molecular complexity index is 878. The predicted molar refractivity (Wildman–Crippen MR) is 102 cm³/mol. The zero-order chi connectivity index (χ0) is 19.4. The summed E-state index contributed by atoms with van der Waals surface area (Å²) in [7, 11) is 0. The van der Waals surface area contributed by atoms with Crippen molar-refractivity contribution in [3.05, 3.63) is 64.9 Å². The van der Waals surface area contributed by atoms with Crippen LogP contribution in [0.3, 0.4) is 0 Å². The zero-order valence-electron chi connectivity index (χ0n) is 15.7. The van der Waals surface area contributed by atoms with Gasteiger partial charge in [0.1, 0.15) is 11.5 Å². The third kappa shape index (κ3) is 4.37. The van der Waals surface area contributed by atoms with Crippen molar-refractivity contribution >= 4 is 17.8 Å². The van der Waals surface area contributed by atoms with Crippen molar-refractivity contribution in [2.45, 2.75) is 26.7 Å². The lowest BCUT2D eigenvalue weighted by molar-refractivity contribution is -0.145. The summed E-state index contributed by atoms with van der Waals surface area (Å²) < 4.78 is 15.9. The number of carbonyl (C=O) groups is 2. The van der Waals surface area contributed by atoms with Crippen molar-refractivity contribution in [3.8, 4) is 11.5 Å². The molecule has 0 saturated heterocycles. The molecule has 0 atom stereocenters. The number of hydrogen-bond acceptors (Lipinski definition) is 5. The van der Waals surface area contributed by atoms with Crippen molar-refractivity contribution in [1.29, 1.82) is 0 Å². The highest BCUT2D eigenvalue weighted by atomic mass is 16.6. The van der Waals surface area contributed by atoms with E-state index in [9.17, 15) is 9.59 Å². The van der Waals surface area contributed by atoms with Crippen molar-refractivity contribution in [2.24, 2.45) is 0 Å². The summed E-state index contributed by atoms with van der Waals surface area (Å²) in [6, 6.07) is 12.9. The van der Waals surface area contributed by atoms with Gasteiger partial charge in [0, 0.05) is 6.07 Å². The SMILES string of the molecule is CCOC(=O)COc1ccc2c(c1)O/C(=C\c1ccc(C(C)C)cc1)C2=O. The molecule has 1 aliphatic heterocycles. The molecule has 140 valence electrons. The summed E-state index contributed by atoms with van der Waals surface area (Å²) in [6.45, 7) is 6.11. The normalized spacial score (nSPS) is 14.2. The summed E-state index contributed by atoms with van der Waals surface area (Å²) >= 11 is 0.